The Morgan fingerprint density at radius 1 is 1.00 bits per heavy atom. The summed E-state index contributed by atoms with van der Waals surface area (Å²) >= 11 is 0. The molecule has 0 heterocycles. The van der Waals surface area contributed by atoms with Crippen molar-refractivity contribution in [2.45, 2.75) is 33.4 Å². The smallest absolute Gasteiger partial charge is 1.00 e. The van der Waals surface area contributed by atoms with Crippen LogP contribution < -0.4 is 24.8 Å². The summed E-state index contributed by atoms with van der Waals surface area (Å²) in [5.74, 6) is 0. The number of benzene rings is 2. The molecule has 0 unspecified atom stereocenters. The minimum atomic E-state index is -0.880. The predicted octanol–water partition coefficient (Wildman–Crippen LogP) is -0.668. The molecule has 0 saturated heterocycles. The number of hydrogen-bond acceptors (Lipinski definition) is 1. The van der Waals surface area contributed by atoms with Gasteiger partial charge in [-0.05, 0) is 32.0 Å². The monoisotopic (exact) mass is 468 g/mol. The average molecular weight is 471 g/mol. The van der Waals surface area contributed by atoms with Gasteiger partial charge >= 0.3 is 26.2 Å². The van der Waals surface area contributed by atoms with Crippen LogP contribution in [0.2, 0.25) is 13.1 Å². The molecule has 0 aromatic heterocycles. The molecule has 1 N–H and O–H groups in total. The molecule has 0 saturated carbocycles. The molecule has 0 atom stereocenters. The summed E-state index contributed by atoms with van der Waals surface area (Å²) in [6.07, 6.45) is 1.10. The Morgan fingerprint density at radius 2 is 1.56 bits per heavy atom. The van der Waals surface area contributed by atoms with Gasteiger partial charge in [0, 0.05) is 0 Å². The van der Waals surface area contributed by atoms with E-state index in [9.17, 15) is 0 Å². The zero-order chi connectivity index (χ0) is 16.1. The van der Waals surface area contributed by atoms with Gasteiger partial charge in [0.05, 0.1) is 0 Å². The van der Waals surface area contributed by atoms with Crippen LogP contribution in [0.1, 0.15) is 18.1 Å². The second-order valence-corrected chi connectivity index (χ2v) is 7.73. The van der Waals surface area contributed by atoms with Gasteiger partial charge in [0.15, 0.2) is 9.04 Å². The van der Waals surface area contributed by atoms with E-state index in [4.69, 9.17) is 4.80 Å². The first-order chi connectivity index (χ1) is 10.5. The van der Waals surface area contributed by atoms with E-state index in [1.807, 2.05) is 13.1 Å². The van der Waals surface area contributed by atoms with Crippen molar-refractivity contribution in [1.82, 2.24) is 0 Å². The fourth-order valence-corrected chi connectivity index (χ4v) is 2.49. The Labute approximate surface area is 184 Å². The second kappa shape index (κ2) is 12.9. The summed E-state index contributed by atoms with van der Waals surface area (Å²) in [6, 6.07) is 20.0. The zero-order valence-electron chi connectivity index (χ0n) is 15.1. The summed E-state index contributed by atoms with van der Waals surface area (Å²) in [4.78, 5) is 8.16. The summed E-state index contributed by atoms with van der Waals surface area (Å²) in [6.45, 7) is 7.98. The van der Waals surface area contributed by atoms with Crippen LogP contribution in [0, 0.1) is 6.92 Å². The first kappa shape index (κ1) is 26.9. The van der Waals surface area contributed by atoms with Crippen LogP contribution in [0.4, 0.5) is 0 Å². The van der Waals surface area contributed by atoms with Crippen LogP contribution in [0.3, 0.4) is 0 Å². The maximum atomic E-state index is 8.16. The van der Waals surface area contributed by atoms with Gasteiger partial charge in [-0.25, -0.2) is 0 Å². The quantitative estimate of drug-likeness (QED) is 0.389. The molecule has 1 nitrogen and oxygen atoms in total. The molecule has 2 radical (unpaired) electrons. The maximum Gasteiger partial charge on any atom is 3.00 e. The van der Waals surface area contributed by atoms with Crippen molar-refractivity contribution in [3.8, 4) is 11.1 Å². The number of hydrogen-bond donors (Lipinski definition) is 1. The van der Waals surface area contributed by atoms with Gasteiger partial charge in [0.25, 0.3) is 0 Å². The standard InChI is InChI=1S/C18H17.C2H7OSi.2ClH.Zr/c1-3-14-11-16-5-4-6-17(18(16)12-14)15-9-7-13(2)8-10-15;1-4(2)3;;;/h4-12H,3H2,1-2H3;3H,1-2H3;2*1H;/q-1;;;;+3/p-2. The molecule has 0 amide bonds. The molecular weight excluding hydrogens is 446 g/mol. The van der Waals surface area contributed by atoms with Gasteiger partial charge in [-0.1, -0.05) is 48.4 Å². The van der Waals surface area contributed by atoms with Gasteiger partial charge in [-0.2, -0.15) is 6.07 Å². The Hall–Kier alpha value is -0.310. The van der Waals surface area contributed by atoms with Crippen molar-refractivity contribution in [3.63, 3.8) is 0 Å². The van der Waals surface area contributed by atoms with E-state index >= 15 is 0 Å². The third-order valence-corrected chi connectivity index (χ3v) is 3.58. The van der Waals surface area contributed by atoms with Crippen molar-refractivity contribution < 1.29 is 55.8 Å². The van der Waals surface area contributed by atoms with Crippen LogP contribution in [0.15, 0.2) is 54.6 Å². The van der Waals surface area contributed by atoms with E-state index < -0.39 is 9.04 Å². The Morgan fingerprint density at radius 3 is 2.08 bits per heavy atom. The van der Waals surface area contributed by atoms with Gasteiger partial charge in [-0.3, -0.25) is 0 Å². The molecule has 0 aliphatic heterocycles. The van der Waals surface area contributed by atoms with E-state index in [1.54, 1.807) is 0 Å². The molecular formula is C20H24Cl2OSiZr. The van der Waals surface area contributed by atoms with E-state index in [1.165, 1.54) is 33.0 Å². The minimum absolute atomic E-state index is 0. The summed E-state index contributed by atoms with van der Waals surface area (Å²) in [5.41, 5.74) is 5.37. The zero-order valence-corrected chi connectivity index (χ0v) is 20.1. The number of halogens is 2. The van der Waals surface area contributed by atoms with Crippen LogP contribution in [0.5, 0.6) is 0 Å². The second-order valence-electron chi connectivity index (χ2n) is 5.84. The Bertz CT molecular complexity index is 736. The fraction of sp³-hybridized carbons (Fsp3) is 0.250. The predicted molar refractivity (Wildman–Crippen MR) is 98.8 cm³/mol. The average Bonchev–Trinajstić information content (AvgIpc) is 2.90. The van der Waals surface area contributed by atoms with Crippen LogP contribution >= 0.6 is 0 Å². The third-order valence-electron chi connectivity index (χ3n) is 3.58. The van der Waals surface area contributed by atoms with Crippen molar-refractivity contribution in [3.05, 3.63) is 65.7 Å². The molecule has 0 spiro atoms. The number of fused-ring (bicyclic) bond motifs is 1. The van der Waals surface area contributed by atoms with Crippen molar-refractivity contribution in [2.24, 2.45) is 0 Å². The van der Waals surface area contributed by atoms with Crippen LogP contribution in [0.25, 0.3) is 21.9 Å². The fourth-order valence-electron chi connectivity index (χ4n) is 2.49. The topological polar surface area (TPSA) is 20.2 Å². The molecule has 3 aromatic rings. The maximum absolute atomic E-state index is 8.16. The Balaban J connectivity index is 0. The first-order valence-corrected chi connectivity index (χ1v) is 10.2. The van der Waals surface area contributed by atoms with Crippen LogP contribution in [-0.4, -0.2) is 13.8 Å². The molecule has 132 valence electrons. The van der Waals surface area contributed by atoms with E-state index in [2.05, 4.69) is 68.4 Å². The largest absolute Gasteiger partial charge is 3.00 e. The molecule has 0 aliphatic rings. The van der Waals surface area contributed by atoms with Crippen LogP contribution in [-0.2, 0) is 32.6 Å². The summed E-state index contributed by atoms with van der Waals surface area (Å²) < 4.78 is 0. The van der Waals surface area contributed by atoms with Gasteiger partial charge < -0.3 is 29.6 Å². The van der Waals surface area contributed by atoms with E-state index in [0.29, 0.717) is 0 Å². The Kier molecular flexibility index (Phi) is 13.9. The molecule has 0 aliphatic carbocycles. The summed E-state index contributed by atoms with van der Waals surface area (Å²) in [7, 11) is -0.880. The number of aryl methyl sites for hydroxylation is 2. The third kappa shape index (κ3) is 7.85. The first-order valence-electron chi connectivity index (χ1n) is 7.75. The summed E-state index contributed by atoms with van der Waals surface area (Å²) in [5, 5.41) is 2.73. The van der Waals surface area contributed by atoms with Gasteiger partial charge in [-0.15, -0.1) is 34.5 Å². The van der Waals surface area contributed by atoms with Crippen molar-refractivity contribution in [1.29, 1.82) is 0 Å². The van der Waals surface area contributed by atoms with Gasteiger partial charge in [0.2, 0.25) is 0 Å². The van der Waals surface area contributed by atoms with Crippen molar-refractivity contribution in [2.75, 3.05) is 0 Å². The number of rotatable bonds is 2. The molecule has 5 heteroatoms. The normalized spacial score (nSPS) is 9.36. The molecule has 3 rings (SSSR count). The molecule has 0 bridgehead atoms. The SMILES string of the molecule is CCc1cc2c(-c3ccc(C)cc3)cccc2[cH-]1.C[Si](C)O.[Cl-].[Cl-].[Zr+3]. The van der Waals surface area contributed by atoms with Crippen molar-refractivity contribution >= 4 is 19.8 Å². The van der Waals surface area contributed by atoms with Gasteiger partial charge in [0.1, 0.15) is 0 Å². The van der Waals surface area contributed by atoms with E-state index in [-0.39, 0.29) is 51.0 Å². The molecule has 25 heavy (non-hydrogen) atoms. The minimum Gasteiger partial charge on any atom is -1.00 e. The van der Waals surface area contributed by atoms with E-state index in [0.717, 1.165) is 6.42 Å². The molecule has 0 fully saturated rings. The molecule has 3 aromatic carbocycles.